The number of amides is 1. The maximum atomic E-state index is 13.1. The lowest BCUT2D eigenvalue weighted by Crippen LogP contribution is -2.34. The third-order valence-corrected chi connectivity index (χ3v) is 5.40. The number of carbonyl (C=O) groups is 1. The van der Waals surface area contributed by atoms with Crippen LogP contribution in [-0.4, -0.2) is 29.6 Å². The van der Waals surface area contributed by atoms with Crippen LogP contribution in [0.25, 0.3) is 10.2 Å². The van der Waals surface area contributed by atoms with Crippen molar-refractivity contribution in [1.29, 1.82) is 0 Å². The zero-order chi connectivity index (χ0) is 20.9. The van der Waals surface area contributed by atoms with Crippen LogP contribution in [0, 0.1) is 5.82 Å². The first-order chi connectivity index (χ1) is 14.6. The van der Waals surface area contributed by atoms with Gasteiger partial charge in [0, 0.05) is 12.3 Å². The summed E-state index contributed by atoms with van der Waals surface area (Å²) < 4.78 is 24.8. The van der Waals surface area contributed by atoms with E-state index in [0.29, 0.717) is 16.6 Å². The van der Waals surface area contributed by atoms with Crippen molar-refractivity contribution in [3.63, 3.8) is 0 Å². The minimum absolute atomic E-state index is 0.211. The van der Waals surface area contributed by atoms with Crippen molar-refractivity contribution >= 4 is 32.6 Å². The van der Waals surface area contributed by atoms with Gasteiger partial charge in [-0.05, 0) is 48.5 Å². The van der Waals surface area contributed by atoms with E-state index in [4.69, 9.17) is 9.47 Å². The van der Waals surface area contributed by atoms with Crippen molar-refractivity contribution in [2.45, 2.75) is 6.54 Å². The SMILES string of the molecule is COc1ccc2sc(N(Cc3ccccn3)C(=O)COc3ccc(F)cc3)nc2c1. The van der Waals surface area contributed by atoms with Crippen LogP contribution in [0.15, 0.2) is 66.9 Å². The standard InChI is InChI=1S/C22H18FN3O3S/c1-28-18-9-10-20-19(12-18)25-22(30-20)26(13-16-4-2-3-11-24-16)21(27)14-29-17-7-5-15(23)6-8-17/h2-12H,13-14H2,1H3. The van der Waals surface area contributed by atoms with E-state index in [0.717, 1.165) is 15.9 Å². The smallest absolute Gasteiger partial charge is 0.267 e. The van der Waals surface area contributed by atoms with E-state index < -0.39 is 0 Å². The number of pyridine rings is 1. The fourth-order valence-corrected chi connectivity index (χ4v) is 3.77. The number of carbonyl (C=O) groups excluding carboxylic acids is 1. The number of methoxy groups -OCH3 is 1. The fraction of sp³-hybridized carbons (Fsp3) is 0.136. The molecule has 0 aliphatic carbocycles. The van der Waals surface area contributed by atoms with Gasteiger partial charge in [-0.15, -0.1) is 0 Å². The number of hydrogen-bond acceptors (Lipinski definition) is 6. The molecule has 0 atom stereocenters. The van der Waals surface area contributed by atoms with Gasteiger partial charge in [-0.2, -0.15) is 0 Å². The lowest BCUT2D eigenvalue weighted by atomic mass is 10.3. The second kappa shape index (κ2) is 8.87. The van der Waals surface area contributed by atoms with Gasteiger partial charge in [0.15, 0.2) is 11.7 Å². The Labute approximate surface area is 176 Å². The molecule has 0 N–H and O–H groups in total. The Balaban J connectivity index is 1.60. The number of benzene rings is 2. The molecule has 0 aliphatic rings. The van der Waals surface area contributed by atoms with Gasteiger partial charge in [-0.1, -0.05) is 17.4 Å². The normalized spacial score (nSPS) is 10.7. The largest absolute Gasteiger partial charge is 0.497 e. The van der Waals surface area contributed by atoms with Crippen LogP contribution in [0.1, 0.15) is 5.69 Å². The van der Waals surface area contributed by atoms with Crippen molar-refractivity contribution in [2.24, 2.45) is 0 Å². The number of rotatable bonds is 7. The lowest BCUT2D eigenvalue weighted by molar-refractivity contribution is -0.120. The quantitative estimate of drug-likeness (QED) is 0.439. The molecule has 8 heteroatoms. The van der Waals surface area contributed by atoms with Crippen molar-refractivity contribution in [2.75, 3.05) is 18.6 Å². The number of thiazole rings is 1. The Hall–Kier alpha value is -3.52. The highest BCUT2D eigenvalue weighted by molar-refractivity contribution is 7.22. The average Bonchev–Trinajstić information content (AvgIpc) is 3.20. The summed E-state index contributed by atoms with van der Waals surface area (Å²) in [5, 5.41) is 0.539. The number of ether oxygens (including phenoxy) is 2. The monoisotopic (exact) mass is 423 g/mol. The third kappa shape index (κ3) is 4.55. The van der Waals surface area contributed by atoms with E-state index in [-0.39, 0.29) is 24.9 Å². The molecule has 0 bridgehead atoms. The van der Waals surface area contributed by atoms with E-state index in [1.165, 1.54) is 35.6 Å². The highest BCUT2D eigenvalue weighted by Crippen LogP contribution is 2.32. The Morgan fingerprint density at radius 1 is 1.10 bits per heavy atom. The second-order valence-corrected chi connectivity index (χ2v) is 7.38. The predicted octanol–water partition coefficient (Wildman–Crippen LogP) is 4.45. The van der Waals surface area contributed by atoms with Gasteiger partial charge in [0.1, 0.15) is 17.3 Å². The Morgan fingerprint density at radius 2 is 1.90 bits per heavy atom. The first kappa shape index (κ1) is 19.8. The maximum Gasteiger partial charge on any atom is 0.267 e. The molecule has 2 aromatic carbocycles. The van der Waals surface area contributed by atoms with Crippen LogP contribution >= 0.6 is 11.3 Å². The molecule has 0 radical (unpaired) electrons. The number of nitrogens with zero attached hydrogens (tertiary/aromatic N) is 3. The summed E-state index contributed by atoms with van der Waals surface area (Å²) in [6.45, 7) is 0.0428. The summed E-state index contributed by atoms with van der Waals surface area (Å²) in [4.78, 5) is 23.5. The van der Waals surface area contributed by atoms with Crippen LogP contribution in [0.5, 0.6) is 11.5 Å². The Bertz CT molecular complexity index is 1150. The predicted molar refractivity (Wildman–Crippen MR) is 113 cm³/mol. The molecule has 152 valence electrons. The number of hydrogen-bond donors (Lipinski definition) is 0. The fourth-order valence-electron chi connectivity index (χ4n) is 2.81. The number of anilines is 1. The lowest BCUT2D eigenvalue weighted by Gasteiger charge is -2.19. The summed E-state index contributed by atoms with van der Waals surface area (Å²) in [5.41, 5.74) is 1.47. The molecule has 0 spiro atoms. The van der Waals surface area contributed by atoms with E-state index in [2.05, 4.69) is 9.97 Å². The molecule has 4 aromatic rings. The zero-order valence-electron chi connectivity index (χ0n) is 16.1. The first-order valence-corrected chi connectivity index (χ1v) is 9.97. The first-order valence-electron chi connectivity index (χ1n) is 9.15. The van der Waals surface area contributed by atoms with Gasteiger partial charge >= 0.3 is 0 Å². The molecule has 30 heavy (non-hydrogen) atoms. The molecule has 1 amide bonds. The molecule has 4 rings (SSSR count). The minimum Gasteiger partial charge on any atom is -0.497 e. The van der Waals surface area contributed by atoms with Crippen LogP contribution < -0.4 is 14.4 Å². The van der Waals surface area contributed by atoms with Crippen molar-refractivity contribution in [3.8, 4) is 11.5 Å². The number of aromatic nitrogens is 2. The number of fused-ring (bicyclic) bond motifs is 1. The molecule has 6 nitrogen and oxygen atoms in total. The summed E-state index contributed by atoms with van der Waals surface area (Å²) in [5.74, 6) is 0.463. The summed E-state index contributed by atoms with van der Waals surface area (Å²) in [7, 11) is 1.60. The second-order valence-electron chi connectivity index (χ2n) is 6.37. The van der Waals surface area contributed by atoms with Gasteiger partial charge in [-0.25, -0.2) is 9.37 Å². The minimum atomic E-state index is -0.365. The third-order valence-electron chi connectivity index (χ3n) is 4.34. The topological polar surface area (TPSA) is 64.5 Å². The zero-order valence-corrected chi connectivity index (χ0v) is 16.9. The van der Waals surface area contributed by atoms with Crippen molar-refractivity contribution in [3.05, 3.63) is 78.4 Å². The van der Waals surface area contributed by atoms with Crippen LogP contribution in [0.2, 0.25) is 0 Å². The van der Waals surface area contributed by atoms with Gasteiger partial charge in [0.2, 0.25) is 0 Å². The van der Waals surface area contributed by atoms with Gasteiger partial charge < -0.3 is 9.47 Å². The molecule has 2 heterocycles. The van der Waals surface area contributed by atoms with Crippen molar-refractivity contribution in [1.82, 2.24) is 9.97 Å². The Kier molecular flexibility index (Phi) is 5.85. The molecule has 0 unspecified atom stereocenters. The van der Waals surface area contributed by atoms with E-state index >= 15 is 0 Å². The average molecular weight is 423 g/mol. The maximum absolute atomic E-state index is 13.1. The van der Waals surface area contributed by atoms with Crippen LogP contribution in [0.3, 0.4) is 0 Å². The molecule has 0 aliphatic heterocycles. The summed E-state index contributed by atoms with van der Waals surface area (Å²) in [6.07, 6.45) is 1.68. The molecule has 0 saturated carbocycles. The molecule has 0 saturated heterocycles. The highest BCUT2D eigenvalue weighted by Gasteiger charge is 2.21. The van der Waals surface area contributed by atoms with E-state index in [1.54, 1.807) is 18.2 Å². The number of halogens is 1. The van der Waals surface area contributed by atoms with Crippen molar-refractivity contribution < 1.29 is 18.7 Å². The van der Waals surface area contributed by atoms with Gasteiger partial charge in [0.05, 0.1) is 29.6 Å². The van der Waals surface area contributed by atoms with Crippen LogP contribution in [-0.2, 0) is 11.3 Å². The summed E-state index contributed by atoms with van der Waals surface area (Å²) in [6, 6.07) is 16.6. The van der Waals surface area contributed by atoms with E-state index in [9.17, 15) is 9.18 Å². The molecule has 0 fully saturated rings. The highest BCUT2D eigenvalue weighted by atomic mass is 32.1. The Morgan fingerprint density at radius 3 is 2.63 bits per heavy atom. The van der Waals surface area contributed by atoms with Gasteiger partial charge in [0.25, 0.3) is 5.91 Å². The van der Waals surface area contributed by atoms with E-state index in [1.807, 2.05) is 36.4 Å². The molecular weight excluding hydrogens is 405 g/mol. The molecule has 2 aromatic heterocycles. The van der Waals surface area contributed by atoms with Crippen LogP contribution in [0.4, 0.5) is 9.52 Å². The van der Waals surface area contributed by atoms with Gasteiger partial charge in [-0.3, -0.25) is 14.7 Å². The molecular formula is C22H18FN3O3S. The summed E-state index contributed by atoms with van der Waals surface area (Å²) >= 11 is 1.40.